The summed E-state index contributed by atoms with van der Waals surface area (Å²) in [5.41, 5.74) is 4.98. The average Bonchev–Trinajstić information content (AvgIpc) is 2.07. The van der Waals surface area contributed by atoms with Crippen molar-refractivity contribution in [3.8, 4) is 0 Å². The van der Waals surface area contributed by atoms with Gasteiger partial charge in [-0.15, -0.1) is 0 Å². The molecule has 0 atom stereocenters. The van der Waals surface area contributed by atoms with Gasteiger partial charge < -0.3 is 5.32 Å². The van der Waals surface area contributed by atoms with E-state index in [0.29, 0.717) is 0 Å². The van der Waals surface area contributed by atoms with E-state index in [9.17, 15) is 0 Å². The number of benzene rings is 1. The first kappa shape index (κ1) is 9.85. The Morgan fingerprint density at radius 1 is 1.31 bits per heavy atom. The van der Waals surface area contributed by atoms with Gasteiger partial charge in [0.05, 0.1) is 0 Å². The van der Waals surface area contributed by atoms with Gasteiger partial charge in [0.25, 0.3) is 0 Å². The molecule has 1 heteroatoms. The van der Waals surface area contributed by atoms with Crippen molar-refractivity contribution < 1.29 is 0 Å². The van der Waals surface area contributed by atoms with Crippen LogP contribution in [0.2, 0.25) is 0 Å². The second-order valence-corrected chi connectivity index (χ2v) is 3.61. The minimum Gasteiger partial charge on any atom is -0.381 e. The fourth-order valence-corrected chi connectivity index (χ4v) is 1.10. The van der Waals surface area contributed by atoms with Crippen LogP contribution in [0.4, 0.5) is 5.69 Å². The zero-order valence-corrected chi connectivity index (χ0v) is 8.65. The number of hydrogen-bond donors (Lipinski definition) is 1. The summed E-state index contributed by atoms with van der Waals surface area (Å²) in [5, 5.41) is 3.31. The molecule has 1 aromatic rings. The molecule has 0 spiro atoms. The Balaban J connectivity index is 2.68. The third kappa shape index (κ3) is 2.94. The zero-order valence-electron chi connectivity index (χ0n) is 8.65. The summed E-state index contributed by atoms with van der Waals surface area (Å²) in [6.07, 6.45) is 0. The highest BCUT2D eigenvalue weighted by atomic mass is 14.9. The Morgan fingerprint density at radius 3 is 2.54 bits per heavy atom. The topological polar surface area (TPSA) is 12.0 Å². The largest absolute Gasteiger partial charge is 0.381 e. The van der Waals surface area contributed by atoms with Crippen LogP contribution in [0.3, 0.4) is 0 Å². The van der Waals surface area contributed by atoms with Gasteiger partial charge in [-0.25, -0.2) is 0 Å². The van der Waals surface area contributed by atoms with Crippen molar-refractivity contribution in [1.82, 2.24) is 0 Å². The SMILES string of the molecule is C=C(C)CNc1ccc(C)c(C)c1. The van der Waals surface area contributed by atoms with Crippen molar-refractivity contribution in [2.75, 3.05) is 11.9 Å². The predicted molar refractivity (Wildman–Crippen MR) is 59.2 cm³/mol. The van der Waals surface area contributed by atoms with Crippen molar-refractivity contribution in [3.63, 3.8) is 0 Å². The molecule has 0 bridgehead atoms. The molecule has 1 aromatic carbocycles. The van der Waals surface area contributed by atoms with Gasteiger partial charge in [0.1, 0.15) is 0 Å². The number of aryl methyl sites for hydroxylation is 2. The summed E-state index contributed by atoms with van der Waals surface area (Å²) in [6.45, 7) is 11.0. The van der Waals surface area contributed by atoms with Gasteiger partial charge in [-0.3, -0.25) is 0 Å². The lowest BCUT2D eigenvalue weighted by atomic mass is 10.1. The predicted octanol–water partition coefficient (Wildman–Crippen LogP) is 3.29. The van der Waals surface area contributed by atoms with Crippen molar-refractivity contribution in [3.05, 3.63) is 41.5 Å². The highest BCUT2D eigenvalue weighted by Gasteiger charge is 1.94. The minimum absolute atomic E-state index is 0.850. The third-order valence-electron chi connectivity index (χ3n) is 2.10. The number of nitrogens with one attached hydrogen (secondary N) is 1. The van der Waals surface area contributed by atoms with Crippen LogP contribution in [0, 0.1) is 13.8 Å². The smallest absolute Gasteiger partial charge is 0.0354 e. The quantitative estimate of drug-likeness (QED) is 0.695. The summed E-state index contributed by atoms with van der Waals surface area (Å²) in [6, 6.07) is 6.40. The molecule has 0 fully saturated rings. The second kappa shape index (κ2) is 4.13. The first-order valence-corrected chi connectivity index (χ1v) is 4.55. The first-order valence-electron chi connectivity index (χ1n) is 4.55. The van der Waals surface area contributed by atoms with Crippen molar-refractivity contribution in [2.45, 2.75) is 20.8 Å². The maximum absolute atomic E-state index is 3.85. The molecule has 0 aliphatic heterocycles. The van der Waals surface area contributed by atoms with Crippen LogP contribution >= 0.6 is 0 Å². The lowest BCUT2D eigenvalue weighted by Crippen LogP contribution is -2.01. The molecule has 0 unspecified atom stereocenters. The molecular formula is C12H17N. The minimum atomic E-state index is 0.850. The van der Waals surface area contributed by atoms with Crippen LogP contribution in [0.1, 0.15) is 18.1 Å². The van der Waals surface area contributed by atoms with E-state index in [2.05, 4.69) is 43.9 Å². The number of hydrogen-bond acceptors (Lipinski definition) is 1. The maximum atomic E-state index is 3.85. The zero-order chi connectivity index (χ0) is 9.84. The fraction of sp³-hybridized carbons (Fsp3) is 0.333. The third-order valence-corrected chi connectivity index (χ3v) is 2.10. The van der Waals surface area contributed by atoms with Crippen LogP contribution in [0.15, 0.2) is 30.4 Å². The summed E-state index contributed by atoms with van der Waals surface area (Å²) in [4.78, 5) is 0. The molecule has 0 aliphatic rings. The van der Waals surface area contributed by atoms with Gasteiger partial charge in [0.2, 0.25) is 0 Å². The van der Waals surface area contributed by atoms with Crippen molar-refractivity contribution in [2.24, 2.45) is 0 Å². The van der Waals surface area contributed by atoms with Crippen LogP contribution in [0.5, 0.6) is 0 Å². The Hall–Kier alpha value is -1.24. The lowest BCUT2D eigenvalue weighted by Gasteiger charge is -2.07. The monoisotopic (exact) mass is 175 g/mol. The molecule has 1 nitrogen and oxygen atoms in total. The highest BCUT2D eigenvalue weighted by Crippen LogP contribution is 2.14. The standard InChI is InChI=1S/C12H17N/c1-9(2)8-13-12-6-5-10(3)11(4)7-12/h5-7,13H,1,8H2,2-4H3. The number of rotatable bonds is 3. The second-order valence-electron chi connectivity index (χ2n) is 3.61. The van der Waals surface area contributed by atoms with Gasteiger partial charge in [0.15, 0.2) is 0 Å². The van der Waals surface area contributed by atoms with E-state index < -0.39 is 0 Å². The van der Waals surface area contributed by atoms with E-state index in [-0.39, 0.29) is 0 Å². The van der Waals surface area contributed by atoms with Crippen LogP contribution in [-0.2, 0) is 0 Å². The first-order chi connectivity index (χ1) is 6.09. The van der Waals surface area contributed by atoms with E-state index in [0.717, 1.165) is 12.1 Å². The van der Waals surface area contributed by atoms with Crippen molar-refractivity contribution >= 4 is 5.69 Å². The fourth-order valence-electron chi connectivity index (χ4n) is 1.10. The highest BCUT2D eigenvalue weighted by molar-refractivity contribution is 5.48. The molecule has 0 amide bonds. The normalized spacial score (nSPS) is 9.77. The molecule has 0 aromatic heterocycles. The molecule has 0 aliphatic carbocycles. The van der Waals surface area contributed by atoms with E-state index >= 15 is 0 Å². The lowest BCUT2D eigenvalue weighted by molar-refractivity contribution is 1.21. The maximum Gasteiger partial charge on any atom is 0.0354 e. The Labute approximate surface area is 80.5 Å². The molecule has 0 heterocycles. The molecule has 0 saturated carbocycles. The molecular weight excluding hydrogens is 158 g/mol. The summed E-state index contributed by atoms with van der Waals surface area (Å²) in [7, 11) is 0. The summed E-state index contributed by atoms with van der Waals surface area (Å²) < 4.78 is 0. The number of anilines is 1. The van der Waals surface area contributed by atoms with Crippen LogP contribution in [0.25, 0.3) is 0 Å². The molecule has 0 saturated heterocycles. The van der Waals surface area contributed by atoms with Crippen LogP contribution < -0.4 is 5.32 Å². The van der Waals surface area contributed by atoms with E-state index in [1.165, 1.54) is 16.8 Å². The van der Waals surface area contributed by atoms with Gasteiger partial charge in [-0.1, -0.05) is 18.2 Å². The summed E-state index contributed by atoms with van der Waals surface area (Å²) >= 11 is 0. The molecule has 1 rings (SSSR count). The Morgan fingerprint density at radius 2 is 2.00 bits per heavy atom. The molecule has 70 valence electrons. The Kier molecular flexibility index (Phi) is 3.13. The van der Waals surface area contributed by atoms with E-state index in [1.807, 2.05) is 6.92 Å². The van der Waals surface area contributed by atoms with Gasteiger partial charge in [0, 0.05) is 12.2 Å². The van der Waals surface area contributed by atoms with Crippen molar-refractivity contribution in [1.29, 1.82) is 0 Å². The molecule has 1 N–H and O–H groups in total. The summed E-state index contributed by atoms with van der Waals surface area (Å²) in [5.74, 6) is 0. The van der Waals surface area contributed by atoms with Gasteiger partial charge in [-0.05, 0) is 44.0 Å². The Bertz CT molecular complexity index is 313. The molecule has 0 radical (unpaired) electrons. The average molecular weight is 175 g/mol. The van der Waals surface area contributed by atoms with Crippen LogP contribution in [-0.4, -0.2) is 6.54 Å². The van der Waals surface area contributed by atoms with E-state index in [1.54, 1.807) is 0 Å². The van der Waals surface area contributed by atoms with E-state index in [4.69, 9.17) is 0 Å². The van der Waals surface area contributed by atoms with Gasteiger partial charge >= 0.3 is 0 Å². The molecule has 13 heavy (non-hydrogen) atoms. The van der Waals surface area contributed by atoms with Gasteiger partial charge in [-0.2, -0.15) is 0 Å².